The zero-order valence-corrected chi connectivity index (χ0v) is 16.0. The standard InChI is InChI=1S/C23H30N2O2/c26-21(24-15-16-5-2-1-3-6-16)20-7-4-8-25(20)22(27)23-12-17-9-18(13-23)11-19(10-17)14-23/h1-3,5-6,17-20H,4,7-15H2,(H,24,26). The van der Waals surface area contributed by atoms with E-state index in [1.165, 1.54) is 19.3 Å². The molecule has 27 heavy (non-hydrogen) atoms. The molecule has 5 fully saturated rings. The molecular weight excluding hydrogens is 336 g/mol. The van der Waals surface area contributed by atoms with Gasteiger partial charge in [-0.15, -0.1) is 0 Å². The smallest absolute Gasteiger partial charge is 0.243 e. The third kappa shape index (κ3) is 3.07. The van der Waals surface area contributed by atoms with E-state index in [0.29, 0.717) is 12.5 Å². The molecule has 0 spiro atoms. The molecular formula is C23H30N2O2. The minimum atomic E-state index is -0.269. The quantitative estimate of drug-likeness (QED) is 0.886. The molecule has 4 heteroatoms. The molecule has 0 radical (unpaired) electrons. The van der Waals surface area contributed by atoms with Crippen molar-refractivity contribution in [2.24, 2.45) is 23.2 Å². The van der Waals surface area contributed by atoms with Crippen molar-refractivity contribution in [3.8, 4) is 0 Å². The third-order valence-corrected chi connectivity index (χ3v) is 7.62. The summed E-state index contributed by atoms with van der Waals surface area (Å²) in [5, 5.41) is 3.07. The summed E-state index contributed by atoms with van der Waals surface area (Å²) >= 11 is 0. The van der Waals surface area contributed by atoms with Crippen LogP contribution in [0.3, 0.4) is 0 Å². The molecule has 0 aromatic heterocycles. The lowest BCUT2D eigenvalue weighted by molar-refractivity contribution is -0.160. The Morgan fingerprint density at radius 3 is 2.26 bits per heavy atom. The van der Waals surface area contributed by atoms with Crippen molar-refractivity contribution >= 4 is 11.8 Å². The van der Waals surface area contributed by atoms with E-state index in [1.54, 1.807) is 0 Å². The summed E-state index contributed by atoms with van der Waals surface area (Å²) in [5.74, 6) is 2.60. The third-order valence-electron chi connectivity index (χ3n) is 7.62. The number of nitrogens with one attached hydrogen (secondary N) is 1. The van der Waals surface area contributed by atoms with E-state index in [0.717, 1.165) is 62.0 Å². The summed E-state index contributed by atoms with van der Waals surface area (Å²) in [5.41, 5.74) is 0.958. The summed E-state index contributed by atoms with van der Waals surface area (Å²) < 4.78 is 0. The van der Waals surface area contributed by atoms with Gasteiger partial charge in [0.1, 0.15) is 6.04 Å². The van der Waals surface area contributed by atoms with Crippen LogP contribution in [-0.2, 0) is 16.1 Å². The van der Waals surface area contributed by atoms with E-state index in [-0.39, 0.29) is 17.4 Å². The van der Waals surface area contributed by atoms with Gasteiger partial charge in [-0.1, -0.05) is 30.3 Å². The molecule has 4 nitrogen and oxygen atoms in total. The zero-order chi connectivity index (χ0) is 18.4. The highest BCUT2D eigenvalue weighted by molar-refractivity contribution is 5.91. The minimum Gasteiger partial charge on any atom is -0.350 e. The fourth-order valence-electron chi connectivity index (χ4n) is 6.86. The Hall–Kier alpha value is -1.84. The van der Waals surface area contributed by atoms with Crippen LogP contribution in [0.4, 0.5) is 0 Å². The number of likely N-dealkylation sites (tertiary alicyclic amines) is 1. The second-order valence-electron chi connectivity index (χ2n) is 9.56. The summed E-state index contributed by atoms with van der Waals surface area (Å²) in [4.78, 5) is 28.4. The first-order valence-corrected chi connectivity index (χ1v) is 10.8. The first kappa shape index (κ1) is 17.3. The normalized spacial score (nSPS) is 36.8. The number of nitrogens with zero attached hydrogens (tertiary/aromatic N) is 1. The molecule has 4 aliphatic carbocycles. The van der Waals surface area contributed by atoms with E-state index in [4.69, 9.17) is 0 Å². The van der Waals surface area contributed by atoms with Crippen LogP contribution in [0.2, 0.25) is 0 Å². The Labute approximate surface area is 161 Å². The fraction of sp³-hybridized carbons (Fsp3) is 0.652. The average molecular weight is 367 g/mol. The molecule has 1 aromatic carbocycles. The number of benzene rings is 1. The van der Waals surface area contributed by atoms with Gasteiger partial charge < -0.3 is 10.2 Å². The molecule has 2 amide bonds. The van der Waals surface area contributed by atoms with Crippen LogP contribution in [0.15, 0.2) is 30.3 Å². The molecule has 6 rings (SSSR count). The van der Waals surface area contributed by atoms with Crippen molar-refractivity contribution < 1.29 is 9.59 Å². The van der Waals surface area contributed by atoms with Crippen LogP contribution >= 0.6 is 0 Å². The van der Waals surface area contributed by atoms with E-state index in [2.05, 4.69) is 5.32 Å². The number of hydrogen-bond acceptors (Lipinski definition) is 2. The van der Waals surface area contributed by atoms with Crippen LogP contribution in [0.1, 0.15) is 56.9 Å². The molecule has 1 aliphatic heterocycles. The minimum absolute atomic E-state index is 0.0226. The first-order chi connectivity index (χ1) is 13.1. The van der Waals surface area contributed by atoms with Crippen LogP contribution in [0.25, 0.3) is 0 Å². The molecule has 1 atom stereocenters. The van der Waals surface area contributed by atoms with Crippen molar-refractivity contribution in [2.45, 2.75) is 64.0 Å². The van der Waals surface area contributed by atoms with E-state index >= 15 is 0 Å². The Morgan fingerprint density at radius 1 is 1.00 bits per heavy atom. The van der Waals surface area contributed by atoms with Crippen molar-refractivity contribution in [3.05, 3.63) is 35.9 Å². The maximum Gasteiger partial charge on any atom is 0.243 e. The second kappa shape index (κ2) is 6.65. The maximum absolute atomic E-state index is 13.6. The number of rotatable bonds is 4. The van der Waals surface area contributed by atoms with Crippen molar-refractivity contribution in [2.75, 3.05) is 6.54 Å². The average Bonchev–Trinajstić information content (AvgIpc) is 3.15. The highest BCUT2D eigenvalue weighted by atomic mass is 16.2. The van der Waals surface area contributed by atoms with Gasteiger partial charge >= 0.3 is 0 Å². The molecule has 4 saturated carbocycles. The molecule has 144 valence electrons. The lowest BCUT2D eigenvalue weighted by Gasteiger charge is -2.56. The molecule has 5 aliphatic rings. The van der Waals surface area contributed by atoms with Gasteiger partial charge in [0.15, 0.2) is 0 Å². The lowest BCUT2D eigenvalue weighted by Crippen LogP contribution is -2.57. The predicted molar refractivity (Wildman–Crippen MR) is 104 cm³/mol. The number of carbonyl (C=O) groups excluding carboxylic acids is 2. The van der Waals surface area contributed by atoms with E-state index < -0.39 is 0 Å². The van der Waals surface area contributed by atoms with Crippen LogP contribution in [0, 0.1) is 23.2 Å². The van der Waals surface area contributed by atoms with E-state index in [1.807, 2.05) is 35.2 Å². The molecule has 1 aromatic rings. The molecule has 1 saturated heterocycles. The summed E-state index contributed by atoms with van der Waals surface area (Å²) in [6.07, 6.45) is 9.00. The Morgan fingerprint density at radius 2 is 1.63 bits per heavy atom. The van der Waals surface area contributed by atoms with Crippen LogP contribution in [0.5, 0.6) is 0 Å². The van der Waals surface area contributed by atoms with Gasteiger partial charge in [0.25, 0.3) is 0 Å². The summed E-state index contributed by atoms with van der Waals surface area (Å²) in [7, 11) is 0. The SMILES string of the molecule is O=C(NCc1ccccc1)C1CCCN1C(=O)C12CC3CC(CC(C3)C1)C2. The van der Waals surface area contributed by atoms with Gasteiger partial charge in [0.05, 0.1) is 5.41 Å². The highest BCUT2D eigenvalue weighted by Crippen LogP contribution is 2.60. The van der Waals surface area contributed by atoms with Crippen LogP contribution < -0.4 is 5.32 Å². The van der Waals surface area contributed by atoms with E-state index in [9.17, 15) is 9.59 Å². The topological polar surface area (TPSA) is 49.4 Å². The lowest BCUT2D eigenvalue weighted by atomic mass is 9.49. The Bertz CT molecular complexity index is 694. The van der Waals surface area contributed by atoms with Gasteiger partial charge in [-0.05, 0) is 74.7 Å². The zero-order valence-electron chi connectivity index (χ0n) is 16.0. The molecule has 1 unspecified atom stereocenters. The van der Waals surface area contributed by atoms with Gasteiger partial charge in [0, 0.05) is 13.1 Å². The van der Waals surface area contributed by atoms with Crippen LogP contribution in [-0.4, -0.2) is 29.3 Å². The molecule has 1 N–H and O–H groups in total. The molecule has 4 bridgehead atoms. The Balaban J connectivity index is 1.28. The fourth-order valence-corrected chi connectivity index (χ4v) is 6.86. The maximum atomic E-state index is 13.6. The second-order valence-corrected chi connectivity index (χ2v) is 9.56. The van der Waals surface area contributed by atoms with Gasteiger partial charge in [-0.3, -0.25) is 9.59 Å². The highest BCUT2D eigenvalue weighted by Gasteiger charge is 2.56. The largest absolute Gasteiger partial charge is 0.350 e. The van der Waals surface area contributed by atoms with Crippen molar-refractivity contribution in [3.63, 3.8) is 0 Å². The van der Waals surface area contributed by atoms with Crippen molar-refractivity contribution in [1.82, 2.24) is 10.2 Å². The predicted octanol–water partition coefficient (Wildman–Crippen LogP) is 3.51. The summed E-state index contributed by atoms with van der Waals surface area (Å²) in [6, 6.07) is 9.73. The van der Waals surface area contributed by atoms with Gasteiger partial charge in [-0.25, -0.2) is 0 Å². The van der Waals surface area contributed by atoms with Gasteiger partial charge in [0.2, 0.25) is 11.8 Å². The van der Waals surface area contributed by atoms with Crippen molar-refractivity contribution in [1.29, 1.82) is 0 Å². The monoisotopic (exact) mass is 366 g/mol. The first-order valence-electron chi connectivity index (χ1n) is 10.8. The number of hydrogen-bond donors (Lipinski definition) is 1. The molecule has 1 heterocycles. The van der Waals surface area contributed by atoms with Gasteiger partial charge in [-0.2, -0.15) is 0 Å². The summed E-state index contributed by atoms with van der Waals surface area (Å²) in [6.45, 7) is 1.29. The Kier molecular flexibility index (Phi) is 4.25. The number of carbonyl (C=O) groups is 2. The number of amides is 2.